The summed E-state index contributed by atoms with van der Waals surface area (Å²) in [5.74, 6) is 1.14. The van der Waals surface area contributed by atoms with Crippen LogP contribution in [0.25, 0.3) is 10.9 Å². The number of hydrogen-bond acceptors (Lipinski definition) is 3. The van der Waals surface area contributed by atoms with Crippen molar-refractivity contribution in [3.8, 4) is 5.75 Å². The van der Waals surface area contributed by atoms with Crippen molar-refractivity contribution in [2.75, 3.05) is 13.6 Å². The van der Waals surface area contributed by atoms with E-state index in [9.17, 15) is 5.11 Å². The second kappa shape index (κ2) is 8.13. The molecular weight excluding hydrogens is 331 g/mol. The van der Waals surface area contributed by atoms with Crippen LogP contribution in [0.3, 0.4) is 0 Å². The molecule has 0 spiro atoms. The third-order valence-corrected chi connectivity index (χ3v) is 4.12. The molecule has 0 aliphatic heterocycles. The van der Waals surface area contributed by atoms with Gasteiger partial charge in [-0.15, -0.1) is 6.54 Å². The maximum Gasteiger partial charge on any atom is 2.00 e. The van der Waals surface area contributed by atoms with E-state index in [1.54, 1.807) is 6.07 Å². The molecule has 127 valence electrons. The normalized spacial score (nSPS) is 11.5. The van der Waals surface area contributed by atoms with Crippen molar-refractivity contribution in [1.82, 2.24) is 9.88 Å². The van der Waals surface area contributed by atoms with Gasteiger partial charge in [-0.25, -0.2) is 0 Å². The van der Waals surface area contributed by atoms with Crippen LogP contribution >= 0.6 is 0 Å². The van der Waals surface area contributed by atoms with Gasteiger partial charge in [0.15, 0.2) is 0 Å². The maximum absolute atomic E-state index is 10.3. The molecule has 0 unspecified atom stereocenters. The van der Waals surface area contributed by atoms with Crippen molar-refractivity contribution in [2.24, 2.45) is 0 Å². The van der Waals surface area contributed by atoms with Crippen LogP contribution in [0.5, 0.6) is 5.75 Å². The van der Waals surface area contributed by atoms with Gasteiger partial charge >= 0.3 is 16.8 Å². The fourth-order valence-electron chi connectivity index (χ4n) is 2.76. The Morgan fingerprint density at radius 3 is 2.35 bits per heavy atom. The summed E-state index contributed by atoms with van der Waals surface area (Å²) in [5.41, 5.74) is 4.32. The Labute approximate surface area is 150 Å². The zero-order valence-electron chi connectivity index (χ0n) is 14.7. The van der Waals surface area contributed by atoms with Crippen molar-refractivity contribution in [3.63, 3.8) is 0 Å². The summed E-state index contributed by atoms with van der Waals surface area (Å²) >= 11 is 0. The summed E-state index contributed by atoms with van der Waals surface area (Å²) in [4.78, 5) is 6.97. The number of rotatable bonds is 5. The van der Waals surface area contributed by atoms with Crippen LogP contribution in [0, 0.1) is 6.92 Å². The molecule has 1 N–H and O–H groups in total. The van der Waals surface area contributed by atoms with Crippen LogP contribution in [0.15, 0.2) is 18.2 Å². The molecule has 1 aromatic carbocycles. The molecule has 0 bridgehead atoms. The summed E-state index contributed by atoms with van der Waals surface area (Å²) in [6, 6.07) is 5.88. The number of phenols is 1. The van der Waals surface area contributed by atoms with Crippen LogP contribution in [-0.4, -0.2) is 28.6 Å². The molecule has 2 aromatic rings. The molecule has 3 nitrogen and oxygen atoms in total. The van der Waals surface area contributed by atoms with Crippen molar-refractivity contribution >= 4 is 10.9 Å². The molecule has 4 heteroatoms. The van der Waals surface area contributed by atoms with Gasteiger partial charge in [-0.2, -0.15) is 0 Å². The quantitative estimate of drug-likeness (QED) is 0.802. The minimum atomic E-state index is 0. The number of benzene rings is 1. The SMILES string of the molecule is [CH2-]CN(C)Cc1c(O)ccc2nc(C(C)C)c(C(C)C)cc12.[Co+2]. The van der Waals surface area contributed by atoms with E-state index in [1.165, 1.54) is 5.56 Å². The molecule has 2 rings (SSSR count). The van der Waals surface area contributed by atoms with E-state index in [-0.39, 0.29) is 16.8 Å². The van der Waals surface area contributed by atoms with Gasteiger partial charge in [-0.3, -0.25) is 4.98 Å². The molecular formula is C19H27CoN2O+. The van der Waals surface area contributed by atoms with Gasteiger partial charge in [0.2, 0.25) is 0 Å². The Morgan fingerprint density at radius 2 is 1.83 bits per heavy atom. The van der Waals surface area contributed by atoms with Gasteiger partial charge in [0, 0.05) is 23.2 Å². The minimum absolute atomic E-state index is 0. The number of aromatic hydroxyl groups is 1. The summed E-state index contributed by atoms with van der Waals surface area (Å²) in [7, 11) is 2.00. The molecule has 0 fully saturated rings. The number of nitrogens with zero attached hydrogens (tertiary/aromatic N) is 2. The third-order valence-electron chi connectivity index (χ3n) is 4.12. The molecule has 0 atom stereocenters. The van der Waals surface area contributed by atoms with Crippen LogP contribution in [0.4, 0.5) is 0 Å². The van der Waals surface area contributed by atoms with Crippen LogP contribution < -0.4 is 0 Å². The van der Waals surface area contributed by atoms with E-state index in [0.29, 0.717) is 30.7 Å². The predicted octanol–water partition coefficient (Wildman–Crippen LogP) is 4.45. The van der Waals surface area contributed by atoms with E-state index in [0.717, 1.165) is 22.2 Å². The second-order valence-corrected chi connectivity index (χ2v) is 6.64. The fraction of sp³-hybridized carbons (Fsp3) is 0.474. The van der Waals surface area contributed by atoms with Crippen molar-refractivity contribution in [3.05, 3.63) is 41.9 Å². The summed E-state index contributed by atoms with van der Waals surface area (Å²) in [6.07, 6.45) is 0. The Bertz CT molecular complexity index is 668. The Morgan fingerprint density at radius 1 is 1.17 bits per heavy atom. The largest absolute Gasteiger partial charge is 2.00 e. The Kier molecular flexibility index (Phi) is 7.05. The van der Waals surface area contributed by atoms with Gasteiger partial charge in [-0.05, 0) is 42.6 Å². The zero-order valence-corrected chi connectivity index (χ0v) is 15.7. The van der Waals surface area contributed by atoms with Crippen molar-refractivity contribution in [1.29, 1.82) is 0 Å². The average Bonchev–Trinajstić information content (AvgIpc) is 2.48. The van der Waals surface area contributed by atoms with E-state index in [4.69, 9.17) is 4.98 Å². The monoisotopic (exact) mass is 358 g/mol. The molecule has 0 saturated heterocycles. The first kappa shape index (κ1) is 19.9. The van der Waals surface area contributed by atoms with E-state index in [2.05, 4.69) is 45.6 Å². The van der Waals surface area contributed by atoms with Crippen LogP contribution in [0.2, 0.25) is 0 Å². The fourth-order valence-corrected chi connectivity index (χ4v) is 2.76. The van der Waals surface area contributed by atoms with Gasteiger partial charge in [0.25, 0.3) is 0 Å². The zero-order chi connectivity index (χ0) is 16.4. The molecule has 0 aliphatic rings. The van der Waals surface area contributed by atoms with Crippen LogP contribution in [-0.2, 0) is 23.3 Å². The summed E-state index contributed by atoms with van der Waals surface area (Å²) in [6.45, 7) is 14.0. The average molecular weight is 358 g/mol. The number of phenolic OH excluding ortho intramolecular Hbond substituents is 1. The number of pyridine rings is 1. The van der Waals surface area contributed by atoms with Gasteiger partial charge < -0.3 is 16.9 Å². The molecule has 23 heavy (non-hydrogen) atoms. The van der Waals surface area contributed by atoms with Gasteiger partial charge in [0.05, 0.1) is 5.52 Å². The van der Waals surface area contributed by atoms with E-state index in [1.807, 2.05) is 13.1 Å². The number of hydrogen-bond donors (Lipinski definition) is 1. The summed E-state index contributed by atoms with van der Waals surface area (Å²) in [5, 5.41) is 11.3. The van der Waals surface area contributed by atoms with E-state index < -0.39 is 0 Å². The minimum Gasteiger partial charge on any atom is -0.508 e. The Balaban J connectivity index is 0.00000264. The van der Waals surface area contributed by atoms with Gasteiger partial charge in [0.1, 0.15) is 5.75 Å². The molecule has 1 radical (unpaired) electrons. The standard InChI is InChI=1S/C19H27N2O.Co/c1-7-21(6)11-16-15-10-14(12(2)3)19(13(4)5)20-17(15)8-9-18(16)22;/h8-10,12-13,22H,1,7,11H2,2-6H3;/q-1;+2. The number of aromatic nitrogens is 1. The summed E-state index contributed by atoms with van der Waals surface area (Å²) < 4.78 is 0. The molecule has 1 aromatic heterocycles. The maximum atomic E-state index is 10.3. The molecule has 0 aliphatic carbocycles. The Hall–Kier alpha value is -1.10. The predicted molar refractivity (Wildman–Crippen MR) is 93.3 cm³/mol. The first-order valence-electron chi connectivity index (χ1n) is 7.98. The van der Waals surface area contributed by atoms with Crippen molar-refractivity contribution in [2.45, 2.75) is 46.1 Å². The second-order valence-electron chi connectivity index (χ2n) is 6.64. The molecule has 1 heterocycles. The number of fused-ring (bicyclic) bond motifs is 1. The molecule has 0 saturated carbocycles. The molecule has 0 amide bonds. The van der Waals surface area contributed by atoms with Gasteiger partial charge in [-0.1, -0.05) is 27.7 Å². The smallest absolute Gasteiger partial charge is 0.508 e. The third kappa shape index (κ3) is 4.25. The topological polar surface area (TPSA) is 36.4 Å². The van der Waals surface area contributed by atoms with E-state index >= 15 is 0 Å². The first-order chi connectivity index (χ1) is 10.3. The first-order valence-corrected chi connectivity index (χ1v) is 7.98. The van der Waals surface area contributed by atoms with Crippen LogP contribution in [0.1, 0.15) is 56.4 Å². The van der Waals surface area contributed by atoms with Crippen molar-refractivity contribution < 1.29 is 21.9 Å².